The van der Waals surface area contributed by atoms with Crippen LogP contribution in [-0.2, 0) is 26.2 Å². The van der Waals surface area contributed by atoms with Crippen molar-refractivity contribution in [2.45, 2.75) is 51.1 Å². The Bertz CT molecular complexity index is 1450. The molecule has 0 aromatic heterocycles. The number of hydrogen-bond donors (Lipinski definition) is 1. The van der Waals surface area contributed by atoms with E-state index in [-0.39, 0.29) is 28.7 Å². The normalized spacial score (nSPS) is 11.9. The van der Waals surface area contributed by atoms with Crippen molar-refractivity contribution >= 4 is 33.2 Å². The number of nitro groups is 1. The van der Waals surface area contributed by atoms with Crippen LogP contribution in [0.5, 0.6) is 0 Å². The summed E-state index contributed by atoms with van der Waals surface area (Å²) in [6.45, 7) is 5.45. The van der Waals surface area contributed by atoms with E-state index in [4.69, 9.17) is 0 Å². The monoisotopic (exact) mass is 566 g/mol. The van der Waals surface area contributed by atoms with E-state index < -0.39 is 33.4 Å². The van der Waals surface area contributed by atoms with Gasteiger partial charge < -0.3 is 10.2 Å². The first kappa shape index (κ1) is 30.3. The molecule has 3 aromatic carbocycles. The largest absolute Gasteiger partial charge is 0.354 e. The number of rotatable bonds is 13. The number of carbonyl (C=O) groups is 2. The average Bonchev–Trinajstić information content (AvgIpc) is 2.95. The third kappa shape index (κ3) is 7.23. The Balaban J connectivity index is 2.09. The predicted molar refractivity (Wildman–Crippen MR) is 153 cm³/mol. The highest BCUT2D eigenvalue weighted by Gasteiger charge is 2.34. The maximum absolute atomic E-state index is 14.0. The molecule has 0 spiro atoms. The molecule has 0 aliphatic heterocycles. The van der Waals surface area contributed by atoms with Crippen LogP contribution in [0.25, 0.3) is 0 Å². The highest BCUT2D eigenvalue weighted by atomic mass is 32.2. The lowest BCUT2D eigenvalue weighted by atomic mass is 10.1. The zero-order valence-electron chi connectivity index (χ0n) is 22.8. The fourth-order valence-electron chi connectivity index (χ4n) is 4.27. The molecule has 0 fully saturated rings. The number of amides is 2. The molecule has 0 aliphatic rings. The lowest BCUT2D eigenvalue weighted by Gasteiger charge is -2.33. The summed E-state index contributed by atoms with van der Waals surface area (Å²) in [7, 11) is -4.31. The minimum Gasteiger partial charge on any atom is -0.354 e. The molecule has 0 radical (unpaired) electrons. The SMILES string of the molecule is CCCNC(=O)C(CC)N(Cc1ccccc1C)C(=O)CN(c1cccc([N+](=O)[O-])c1)S(=O)(=O)c1ccccc1. The molecule has 3 aromatic rings. The van der Waals surface area contributed by atoms with Crippen molar-refractivity contribution in [2.75, 3.05) is 17.4 Å². The molecule has 0 heterocycles. The lowest BCUT2D eigenvalue weighted by Crippen LogP contribution is -2.52. The number of nitro benzene ring substituents is 1. The van der Waals surface area contributed by atoms with Crippen LogP contribution in [0, 0.1) is 17.0 Å². The van der Waals surface area contributed by atoms with Gasteiger partial charge in [-0.05, 0) is 49.1 Å². The molecule has 212 valence electrons. The maximum atomic E-state index is 14.0. The molecular weight excluding hydrogens is 532 g/mol. The van der Waals surface area contributed by atoms with E-state index in [9.17, 15) is 28.1 Å². The van der Waals surface area contributed by atoms with Gasteiger partial charge in [0.2, 0.25) is 11.8 Å². The van der Waals surface area contributed by atoms with Gasteiger partial charge in [0, 0.05) is 25.2 Å². The number of nitrogens with one attached hydrogen (secondary N) is 1. The Kier molecular flexibility index (Phi) is 10.4. The maximum Gasteiger partial charge on any atom is 0.271 e. The Labute approximate surface area is 234 Å². The first-order valence-corrected chi connectivity index (χ1v) is 14.5. The number of carbonyl (C=O) groups excluding carboxylic acids is 2. The zero-order valence-corrected chi connectivity index (χ0v) is 23.6. The van der Waals surface area contributed by atoms with Crippen LogP contribution in [0.2, 0.25) is 0 Å². The number of anilines is 1. The molecule has 0 saturated carbocycles. The van der Waals surface area contributed by atoms with Crippen molar-refractivity contribution in [3.05, 3.63) is 100 Å². The molecule has 1 atom stereocenters. The van der Waals surface area contributed by atoms with E-state index in [2.05, 4.69) is 5.32 Å². The molecule has 0 bridgehead atoms. The second kappa shape index (κ2) is 13.7. The van der Waals surface area contributed by atoms with E-state index in [1.165, 1.54) is 35.2 Å². The number of nitrogens with zero attached hydrogens (tertiary/aromatic N) is 3. The Hall–Kier alpha value is -4.25. The Morgan fingerprint density at radius 3 is 2.27 bits per heavy atom. The molecule has 3 rings (SSSR count). The van der Waals surface area contributed by atoms with Crippen LogP contribution in [0.1, 0.15) is 37.8 Å². The van der Waals surface area contributed by atoms with Crippen LogP contribution in [0.3, 0.4) is 0 Å². The summed E-state index contributed by atoms with van der Waals surface area (Å²) in [5.74, 6) is -0.952. The van der Waals surface area contributed by atoms with Gasteiger partial charge in [0.25, 0.3) is 15.7 Å². The molecule has 2 amide bonds. The first-order chi connectivity index (χ1) is 19.1. The molecule has 1 N–H and O–H groups in total. The first-order valence-electron chi connectivity index (χ1n) is 13.0. The molecular formula is C29H34N4O6S. The van der Waals surface area contributed by atoms with Gasteiger partial charge in [0.05, 0.1) is 15.5 Å². The second-order valence-corrected chi connectivity index (χ2v) is 11.1. The summed E-state index contributed by atoms with van der Waals surface area (Å²) in [5, 5.41) is 14.3. The summed E-state index contributed by atoms with van der Waals surface area (Å²) in [5.41, 5.74) is 1.37. The third-order valence-electron chi connectivity index (χ3n) is 6.48. The number of aryl methyl sites for hydroxylation is 1. The van der Waals surface area contributed by atoms with Gasteiger partial charge >= 0.3 is 0 Å². The average molecular weight is 567 g/mol. The molecule has 0 aliphatic carbocycles. The second-order valence-electron chi connectivity index (χ2n) is 9.26. The molecule has 0 saturated heterocycles. The van der Waals surface area contributed by atoms with Crippen LogP contribution in [0.4, 0.5) is 11.4 Å². The highest BCUT2D eigenvalue weighted by molar-refractivity contribution is 7.92. The number of non-ortho nitro benzene ring substituents is 1. The molecule has 10 nitrogen and oxygen atoms in total. The van der Waals surface area contributed by atoms with E-state index >= 15 is 0 Å². The molecule has 40 heavy (non-hydrogen) atoms. The molecule has 11 heteroatoms. The zero-order chi connectivity index (χ0) is 29.3. The van der Waals surface area contributed by atoms with Gasteiger partial charge in [-0.3, -0.25) is 24.0 Å². The van der Waals surface area contributed by atoms with Gasteiger partial charge in [-0.1, -0.05) is 62.4 Å². The summed E-state index contributed by atoms with van der Waals surface area (Å²) < 4.78 is 28.5. The Morgan fingerprint density at radius 2 is 1.65 bits per heavy atom. The Morgan fingerprint density at radius 1 is 0.975 bits per heavy atom. The number of sulfonamides is 1. The minimum absolute atomic E-state index is 0.0364. The van der Waals surface area contributed by atoms with Gasteiger partial charge in [-0.25, -0.2) is 8.42 Å². The van der Waals surface area contributed by atoms with Crippen molar-refractivity contribution in [1.29, 1.82) is 0 Å². The predicted octanol–water partition coefficient (Wildman–Crippen LogP) is 4.43. The van der Waals surface area contributed by atoms with E-state index in [1.807, 2.05) is 38.1 Å². The van der Waals surface area contributed by atoms with Crippen molar-refractivity contribution in [2.24, 2.45) is 0 Å². The van der Waals surface area contributed by atoms with Crippen molar-refractivity contribution in [1.82, 2.24) is 10.2 Å². The highest BCUT2D eigenvalue weighted by Crippen LogP contribution is 2.28. The van der Waals surface area contributed by atoms with Crippen LogP contribution in [0.15, 0.2) is 83.8 Å². The summed E-state index contributed by atoms with van der Waals surface area (Å²) in [6, 6.07) is 19.3. The van der Waals surface area contributed by atoms with E-state index in [1.54, 1.807) is 25.1 Å². The van der Waals surface area contributed by atoms with E-state index in [0.29, 0.717) is 19.4 Å². The summed E-state index contributed by atoms with van der Waals surface area (Å²) in [6.07, 6.45) is 1.01. The van der Waals surface area contributed by atoms with Crippen molar-refractivity contribution < 1.29 is 22.9 Å². The van der Waals surface area contributed by atoms with Crippen LogP contribution in [-0.4, -0.2) is 49.2 Å². The summed E-state index contributed by atoms with van der Waals surface area (Å²) >= 11 is 0. The topological polar surface area (TPSA) is 130 Å². The number of benzene rings is 3. The van der Waals surface area contributed by atoms with Crippen molar-refractivity contribution in [3.8, 4) is 0 Å². The smallest absolute Gasteiger partial charge is 0.271 e. The standard InChI is InChI=1S/C29H34N4O6S/c1-4-18-30-29(35)27(5-2)31(20-23-13-10-9-12-22(23)3)28(34)21-32(24-14-11-15-25(19-24)33(36)37)40(38,39)26-16-7-6-8-17-26/h6-17,19,27H,4-5,18,20-21H2,1-3H3,(H,30,35). The third-order valence-corrected chi connectivity index (χ3v) is 8.26. The summed E-state index contributed by atoms with van der Waals surface area (Å²) in [4.78, 5) is 39.3. The van der Waals surface area contributed by atoms with Gasteiger partial charge in [0.1, 0.15) is 12.6 Å². The van der Waals surface area contributed by atoms with Gasteiger partial charge in [0.15, 0.2) is 0 Å². The van der Waals surface area contributed by atoms with Crippen molar-refractivity contribution in [3.63, 3.8) is 0 Å². The van der Waals surface area contributed by atoms with Crippen LogP contribution >= 0.6 is 0 Å². The number of hydrogen-bond acceptors (Lipinski definition) is 6. The van der Waals surface area contributed by atoms with E-state index in [0.717, 1.165) is 21.5 Å². The lowest BCUT2D eigenvalue weighted by molar-refractivity contribution is -0.384. The van der Waals surface area contributed by atoms with Gasteiger partial charge in [-0.15, -0.1) is 0 Å². The fraction of sp³-hybridized carbons (Fsp3) is 0.310. The van der Waals surface area contributed by atoms with Crippen LogP contribution < -0.4 is 9.62 Å². The fourth-order valence-corrected chi connectivity index (χ4v) is 5.69. The van der Waals surface area contributed by atoms with Gasteiger partial charge in [-0.2, -0.15) is 0 Å². The molecule has 1 unspecified atom stereocenters. The minimum atomic E-state index is -4.31. The quantitative estimate of drug-likeness (QED) is 0.241.